The van der Waals surface area contributed by atoms with Gasteiger partial charge in [0.05, 0.1) is 0 Å². The zero-order chi connectivity index (χ0) is 9.97. The lowest BCUT2D eigenvalue weighted by Crippen LogP contribution is -1.82. The maximum Gasteiger partial charge on any atom is 0.0378 e. The third-order valence-electron chi connectivity index (χ3n) is 2.28. The molecule has 0 spiro atoms. The molecule has 14 heavy (non-hydrogen) atoms. The molecule has 0 radical (unpaired) electrons. The van der Waals surface area contributed by atoms with Gasteiger partial charge in [0.15, 0.2) is 0 Å². The van der Waals surface area contributed by atoms with Crippen LogP contribution in [0.1, 0.15) is 11.3 Å². The van der Waals surface area contributed by atoms with Crippen molar-refractivity contribution in [3.63, 3.8) is 0 Å². The van der Waals surface area contributed by atoms with Crippen LogP contribution in [0.25, 0.3) is 11.1 Å². The largest absolute Gasteiger partial charge is 0.262 e. The topological polar surface area (TPSA) is 12.9 Å². The molecule has 1 aromatic heterocycles. The molecule has 0 fully saturated rings. The Balaban J connectivity index is 2.44. The van der Waals surface area contributed by atoms with Gasteiger partial charge in [-0.05, 0) is 37.1 Å². The standard InChI is InChI=1S/C13H13N/c1-10-3-5-12(6-4-10)13-7-8-14-11(2)9-13/h3-9H,1-2H3. The Morgan fingerprint density at radius 1 is 0.857 bits per heavy atom. The number of pyridine rings is 1. The first kappa shape index (κ1) is 8.95. The number of aryl methyl sites for hydroxylation is 2. The average molecular weight is 183 g/mol. The second-order valence-electron chi connectivity index (χ2n) is 3.55. The van der Waals surface area contributed by atoms with Crippen molar-refractivity contribution in [1.82, 2.24) is 4.98 Å². The number of hydrogen-bond donors (Lipinski definition) is 0. The minimum atomic E-state index is 1.06. The van der Waals surface area contributed by atoms with Crippen LogP contribution in [0.15, 0.2) is 42.6 Å². The summed E-state index contributed by atoms with van der Waals surface area (Å²) >= 11 is 0. The van der Waals surface area contributed by atoms with Gasteiger partial charge in [-0.25, -0.2) is 0 Å². The highest BCUT2D eigenvalue weighted by molar-refractivity contribution is 5.63. The Labute approximate surface area is 84.4 Å². The summed E-state index contributed by atoms with van der Waals surface area (Å²) in [5.74, 6) is 0. The summed E-state index contributed by atoms with van der Waals surface area (Å²) in [7, 11) is 0. The van der Waals surface area contributed by atoms with E-state index in [1.165, 1.54) is 16.7 Å². The van der Waals surface area contributed by atoms with E-state index in [1.807, 2.05) is 19.2 Å². The highest BCUT2D eigenvalue weighted by atomic mass is 14.6. The lowest BCUT2D eigenvalue weighted by molar-refractivity contribution is 1.20. The summed E-state index contributed by atoms with van der Waals surface area (Å²) in [6.45, 7) is 4.11. The molecule has 0 N–H and O–H groups in total. The quantitative estimate of drug-likeness (QED) is 0.660. The SMILES string of the molecule is Cc1ccc(-c2ccnc(C)c2)cc1. The normalized spacial score (nSPS) is 10.1. The van der Waals surface area contributed by atoms with Gasteiger partial charge in [-0.1, -0.05) is 29.8 Å². The van der Waals surface area contributed by atoms with E-state index < -0.39 is 0 Å². The fraction of sp³-hybridized carbons (Fsp3) is 0.154. The fourth-order valence-electron chi connectivity index (χ4n) is 1.47. The molecule has 0 unspecified atom stereocenters. The molecule has 1 aromatic carbocycles. The fourth-order valence-corrected chi connectivity index (χ4v) is 1.47. The predicted molar refractivity (Wildman–Crippen MR) is 59.1 cm³/mol. The van der Waals surface area contributed by atoms with Crippen LogP contribution in [0.2, 0.25) is 0 Å². The highest BCUT2D eigenvalue weighted by Gasteiger charge is 1.96. The van der Waals surface area contributed by atoms with E-state index in [2.05, 4.69) is 42.2 Å². The summed E-state index contributed by atoms with van der Waals surface area (Å²) in [4.78, 5) is 4.18. The number of nitrogens with zero attached hydrogens (tertiary/aromatic N) is 1. The van der Waals surface area contributed by atoms with Crippen molar-refractivity contribution in [1.29, 1.82) is 0 Å². The third-order valence-corrected chi connectivity index (χ3v) is 2.28. The second kappa shape index (κ2) is 3.62. The van der Waals surface area contributed by atoms with Crippen molar-refractivity contribution in [2.75, 3.05) is 0 Å². The van der Waals surface area contributed by atoms with Crippen molar-refractivity contribution in [3.8, 4) is 11.1 Å². The monoisotopic (exact) mass is 183 g/mol. The lowest BCUT2D eigenvalue weighted by Gasteiger charge is -2.02. The molecule has 2 aromatic rings. The van der Waals surface area contributed by atoms with Gasteiger partial charge in [-0.15, -0.1) is 0 Å². The summed E-state index contributed by atoms with van der Waals surface area (Å²) in [6, 6.07) is 12.7. The number of rotatable bonds is 1. The van der Waals surface area contributed by atoms with Crippen LogP contribution in [-0.2, 0) is 0 Å². The Kier molecular flexibility index (Phi) is 2.32. The summed E-state index contributed by atoms with van der Waals surface area (Å²) in [6.07, 6.45) is 1.85. The van der Waals surface area contributed by atoms with Crippen LogP contribution >= 0.6 is 0 Å². The summed E-state index contributed by atoms with van der Waals surface area (Å²) < 4.78 is 0. The van der Waals surface area contributed by atoms with Gasteiger partial charge in [-0.3, -0.25) is 4.98 Å². The Hall–Kier alpha value is -1.63. The van der Waals surface area contributed by atoms with E-state index in [4.69, 9.17) is 0 Å². The maximum absolute atomic E-state index is 4.18. The second-order valence-corrected chi connectivity index (χ2v) is 3.55. The minimum absolute atomic E-state index is 1.06. The summed E-state index contributed by atoms with van der Waals surface area (Å²) in [5, 5.41) is 0. The first-order valence-electron chi connectivity index (χ1n) is 4.75. The van der Waals surface area contributed by atoms with Crippen LogP contribution in [0, 0.1) is 13.8 Å². The van der Waals surface area contributed by atoms with Crippen LogP contribution in [0.3, 0.4) is 0 Å². The number of aromatic nitrogens is 1. The zero-order valence-corrected chi connectivity index (χ0v) is 8.49. The van der Waals surface area contributed by atoms with Crippen LogP contribution in [0.5, 0.6) is 0 Å². The van der Waals surface area contributed by atoms with Gasteiger partial charge in [0.1, 0.15) is 0 Å². The molecular formula is C13H13N. The van der Waals surface area contributed by atoms with E-state index in [1.54, 1.807) is 0 Å². The first-order chi connectivity index (χ1) is 6.75. The van der Waals surface area contributed by atoms with Crippen molar-refractivity contribution in [3.05, 3.63) is 53.9 Å². The van der Waals surface area contributed by atoms with Crippen LogP contribution in [0.4, 0.5) is 0 Å². The molecule has 0 saturated carbocycles. The first-order valence-corrected chi connectivity index (χ1v) is 4.75. The molecule has 0 saturated heterocycles. The van der Waals surface area contributed by atoms with Crippen LogP contribution < -0.4 is 0 Å². The molecule has 0 atom stereocenters. The Morgan fingerprint density at radius 2 is 1.57 bits per heavy atom. The molecule has 0 aliphatic heterocycles. The lowest BCUT2D eigenvalue weighted by atomic mass is 10.1. The third kappa shape index (κ3) is 1.82. The Morgan fingerprint density at radius 3 is 2.21 bits per heavy atom. The van der Waals surface area contributed by atoms with E-state index in [9.17, 15) is 0 Å². The van der Waals surface area contributed by atoms with E-state index in [-0.39, 0.29) is 0 Å². The van der Waals surface area contributed by atoms with Crippen LogP contribution in [-0.4, -0.2) is 4.98 Å². The van der Waals surface area contributed by atoms with Crippen molar-refractivity contribution in [2.45, 2.75) is 13.8 Å². The van der Waals surface area contributed by atoms with Crippen molar-refractivity contribution >= 4 is 0 Å². The number of benzene rings is 1. The summed E-state index contributed by atoms with van der Waals surface area (Å²) in [5.41, 5.74) is 4.83. The molecule has 1 nitrogen and oxygen atoms in total. The molecular weight excluding hydrogens is 170 g/mol. The van der Waals surface area contributed by atoms with Gasteiger partial charge in [0.2, 0.25) is 0 Å². The van der Waals surface area contributed by atoms with E-state index in [0.717, 1.165) is 5.69 Å². The molecule has 2 rings (SSSR count). The minimum Gasteiger partial charge on any atom is -0.262 e. The predicted octanol–water partition coefficient (Wildman–Crippen LogP) is 3.37. The van der Waals surface area contributed by atoms with Crippen molar-refractivity contribution < 1.29 is 0 Å². The highest BCUT2D eigenvalue weighted by Crippen LogP contribution is 2.19. The average Bonchev–Trinajstić information content (AvgIpc) is 2.19. The molecule has 0 aliphatic carbocycles. The zero-order valence-electron chi connectivity index (χ0n) is 8.49. The smallest absolute Gasteiger partial charge is 0.0378 e. The molecule has 1 heteroatoms. The van der Waals surface area contributed by atoms with Gasteiger partial charge in [0.25, 0.3) is 0 Å². The van der Waals surface area contributed by atoms with Crippen molar-refractivity contribution in [2.24, 2.45) is 0 Å². The maximum atomic E-state index is 4.18. The van der Waals surface area contributed by atoms with Gasteiger partial charge < -0.3 is 0 Å². The van der Waals surface area contributed by atoms with Gasteiger partial charge in [0, 0.05) is 11.9 Å². The molecule has 70 valence electrons. The number of hydrogen-bond acceptors (Lipinski definition) is 1. The molecule has 0 aliphatic rings. The molecule has 0 bridgehead atoms. The van der Waals surface area contributed by atoms with E-state index >= 15 is 0 Å². The van der Waals surface area contributed by atoms with E-state index in [0.29, 0.717) is 0 Å². The van der Waals surface area contributed by atoms with Gasteiger partial charge >= 0.3 is 0 Å². The van der Waals surface area contributed by atoms with Gasteiger partial charge in [-0.2, -0.15) is 0 Å². The molecule has 1 heterocycles. The molecule has 0 amide bonds. The Bertz CT molecular complexity index is 429.